The van der Waals surface area contributed by atoms with Crippen molar-refractivity contribution in [1.82, 2.24) is 0 Å². The predicted octanol–water partition coefficient (Wildman–Crippen LogP) is 3.24. The van der Waals surface area contributed by atoms with Gasteiger partial charge < -0.3 is 10.5 Å². The van der Waals surface area contributed by atoms with Crippen LogP contribution in [0.1, 0.15) is 50.3 Å². The first-order chi connectivity index (χ1) is 7.72. The number of nitrogens with two attached hydrogens (primary N) is 1. The van der Waals surface area contributed by atoms with Crippen molar-refractivity contribution in [3.05, 3.63) is 35.4 Å². The molecule has 0 bridgehead atoms. The molecule has 2 heteroatoms. The highest BCUT2D eigenvalue weighted by Gasteiger charge is 2.09. The van der Waals surface area contributed by atoms with Gasteiger partial charge in [-0.25, -0.2) is 0 Å². The SMILES string of the molecule is CCO[C@@H](CC)c1ccc([C@H](C)CN)cc1. The van der Waals surface area contributed by atoms with Crippen molar-refractivity contribution in [3.8, 4) is 0 Å². The average Bonchev–Trinajstić information content (AvgIpc) is 2.35. The van der Waals surface area contributed by atoms with Gasteiger partial charge in [0.2, 0.25) is 0 Å². The lowest BCUT2D eigenvalue weighted by atomic mass is 9.98. The molecule has 0 spiro atoms. The second-order valence-corrected chi connectivity index (χ2v) is 4.16. The lowest BCUT2D eigenvalue weighted by molar-refractivity contribution is 0.0598. The van der Waals surface area contributed by atoms with E-state index < -0.39 is 0 Å². The Labute approximate surface area is 98.8 Å². The van der Waals surface area contributed by atoms with Crippen molar-refractivity contribution in [2.24, 2.45) is 5.73 Å². The molecule has 0 saturated heterocycles. The maximum atomic E-state index is 5.68. The first kappa shape index (κ1) is 13.2. The normalized spacial score (nSPS) is 14.8. The molecular weight excluding hydrogens is 198 g/mol. The molecule has 0 saturated carbocycles. The van der Waals surface area contributed by atoms with Crippen molar-refractivity contribution in [3.63, 3.8) is 0 Å². The van der Waals surface area contributed by atoms with Gasteiger partial charge in [-0.2, -0.15) is 0 Å². The fourth-order valence-corrected chi connectivity index (χ4v) is 1.83. The van der Waals surface area contributed by atoms with E-state index in [1.807, 2.05) is 6.92 Å². The number of ether oxygens (including phenoxy) is 1. The van der Waals surface area contributed by atoms with Gasteiger partial charge in [-0.1, -0.05) is 38.1 Å². The highest BCUT2D eigenvalue weighted by molar-refractivity contribution is 5.26. The minimum atomic E-state index is 0.229. The lowest BCUT2D eigenvalue weighted by Crippen LogP contribution is -2.09. The van der Waals surface area contributed by atoms with Crippen LogP contribution in [-0.2, 0) is 4.74 Å². The van der Waals surface area contributed by atoms with Crippen LogP contribution in [0.25, 0.3) is 0 Å². The van der Waals surface area contributed by atoms with Crippen LogP contribution in [-0.4, -0.2) is 13.2 Å². The highest BCUT2D eigenvalue weighted by atomic mass is 16.5. The van der Waals surface area contributed by atoms with Crippen molar-refractivity contribution >= 4 is 0 Å². The topological polar surface area (TPSA) is 35.2 Å². The zero-order valence-corrected chi connectivity index (χ0v) is 10.6. The largest absolute Gasteiger partial charge is 0.374 e. The molecule has 0 heterocycles. The Morgan fingerprint density at radius 2 is 1.69 bits per heavy atom. The fraction of sp³-hybridized carbons (Fsp3) is 0.571. The molecule has 2 atom stereocenters. The standard InChI is InChI=1S/C14H23NO/c1-4-14(16-5-2)13-8-6-12(7-9-13)11(3)10-15/h6-9,11,14H,4-5,10,15H2,1-3H3/t11-,14+/m1/s1. The van der Waals surface area contributed by atoms with Crippen LogP contribution < -0.4 is 5.73 Å². The van der Waals surface area contributed by atoms with Gasteiger partial charge in [0, 0.05) is 6.61 Å². The predicted molar refractivity (Wildman–Crippen MR) is 68.6 cm³/mol. The number of hydrogen-bond donors (Lipinski definition) is 1. The Morgan fingerprint density at radius 1 is 1.12 bits per heavy atom. The van der Waals surface area contributed by atoms with Crippen molar-refractivity contribution in [2.75, 3.05) is 13.2 Å². The van der Waals surface area contributed by atoms with E-state index in [0.717, 1.165) is 13.0 Å². The summed E-state index contributed by atoms with van der Waals surface area (Å²) in [5, 5.41) is 0. The maximum absolute atomic E-state index is 5.68. The van der Waals surface area contributed by atoms with Crippen LogP contribution in [0, 0.1) is 0 Å². The van der Waals surface area contributed by atoms with Gasteiger partial charge in [0.15, 0.2) is 0 Å². The van der Waals surface area contributed by atoms with E-state index in [1.54, 1.807) is 0 Å². The molecule has 1 aromatic rings. The van der Waals surface area contributed by atoms with E-state index in [0.29, 0.717) is 12.5 Å². The molecule has 0 amide bonds. The summed E-state index contributed by atoms with van der Waals surface area (Å²) in [5.74, 6) is 0.432. The zero-order valence-electron chi connectivity index (χ0n) is 10.6. The van der Waals surface area contributed by atoms with Crippen LogP contribution in [0.3, 0.4) is 0 Å². The first-order valence-corrected chi connectivity index (χ1v) is 6.14. The Kier molecular flexibility index (Phi) is 5.50. The van der Waals surface area contributed by atoms with Gasteiger partial charge in [-0.15, -0.1) is 0 Å². The Hall–Kier alpha value is -0.860. The van der Waals surface area contributed by atoms with Crippen LogP contribution in [0.15, 0.2) is 24.3 Å². The molecule has 0 radical (unpaired) electrons. The van der Waals surface area contributed by atoms with Crippen molar-refractivity contribution in [1.29, 1.82) is 0 Å². The molecule has 0 unspecified atom stereocenters. The maximum Gasteiger partial charge on any atom is 0.0822 e. The van der Waals surface area contributed by atoms with E-state index in [2.05, 4.69) is 38.1 Å². The lowest BCUT2D eigenvalue weighted by Gasteiger charge is -2.16. The summed E-state index contributed by atoms with van der Waals surface area (Å²) in [7, 11) is 0. The van der Waals surface area contributed by atoms with Gasteiger partial charge >= 0.3 is 0 Å². The Morgan fingerprint density at radius 3 is 2.12 bits per heavy atom. The van der Waals surface area contributed by atoms with E-state index in [9.17, 15) is 0 Å². The molecule has 0 aliphatic rings. The second kappa shape index (κ2) is 6.66. The zero-order chi connectivity index (χ0) is 12.0. The van der Waals surface area contributed by atoms with E-state index in [-0.39, 0.29) is 6.10 Å². The molecule has 90 valence electrons. The molecule has 16 heavy (non-hydrogen) atoms. The van der Waals surface area contributed by atoms with Crippen LogP contribution >= 0.6 is 0 Å². The summed E-state index contributed by atoms with van der Waals surface area (Å²) in [6.45, 7) is 7.79. The van der Waals surface area contributed by atoms with Crippen LogP contribution in [0.2, 0.25) is 0 Å². The van der Waals surface area contributed by atoms with Gasteiger partial charge in [-0.3, -0.25) is 0 Å². The van der Waals surface area contributed by atoms with E-state index in [4.69, 9.17) is 10.5 Å². The van der Waals surface area contributed by atoms with Gasteiger partial charge in [0.25, 0.3) is 0 Å². The molecule has 0 aliphatic heterocycles. The Bertz CT molecular complexity index is 294. The van der Waals surface area contributed by atoms with E-state index in [1.165, 1.54) is 11.1 Å². The fourth-order valence-electron chi connectivity index (χ4n) is 1.83. The molecule has 1 rings (SSSR count). The van der Waals surface area contributed by atoms with E-state index >= 15 is 0 Å². The molecule has 0 aromatic heterocycles. The molecule has 0 fully saturated rings. The summed E-state index contributed by atoms with van der Waals surface area (Å²) >= 11 is 0. The summed E-state index contributed by atoms with van der Waals surface area (Å²) in [6.07, 6.45) is 1.24. The number of rotatable bonds is 6. The summed E-state index contributed by atoms with van der Waals surface area (Å²) < 4.78 is 5.68. The average molecular weight is 221 g/mol. The highest BCUT2D eigenvalue weighted by Crippen LogP contribution is 2.23. The summed E-state index contributed by atoms with van der Waals surface area (Å²) in [5.41, 5.74) is 8.22. The molecular formula is C14H23NO. The third-order valence-corrected chi connectivity index (χ3v) is 2.97. The summed E-state index contributed by atoms with van der Waals surface area (Å²) in [6, 6.07) is 8.64. The molecule has 0 aliphatic carbocycles. The molecule has 2 N–H and O–H groups in total. The minimum absolute atomic E-state index is 0.229. The second-order valence-electron chi connectivity index (χ2n) is 4.16. The van der Waals surface area contributed by atoms with Gasteiger partial charge in [-0.05, 0) is 36.9 Å². The van der Waals surface area contributed by atoms with Crippen molar-refractivity contribution in [2.45, 2.75) is 39.2 Å². The minimum Gasteiger partial charge on any atom is -0.374 e. The first-order valence-electron chi connectivity index (χ1n) is 6.14. The third kappa shape index (κ3) is 3.32. The van der Waals surface area contributed by atoms with Gasteiger partial charge in [0.1, 0.15) is 0 Å². The van der Waals surface area contributed by atoms with Gasteiger partial charge in [0.05, 0.1) is 6.10 Å². The molecule has 1 aromatic carbocycles. The number of benzene rings is 1. The third-order valence-electron chi connectivity index (χ3n) is 2.97. The molecule has 2 nitrogen and oxygen atoms in total. The summed E-state index contributed by atoms with van der Waals surface area (Å²) in [4.78, 5) is 0. The Balaban J connectivity index is 2.76. The smallest absolute Gasteiger partial charge is 0.0822 e. The quantitative estimate of drug-likeness (QED) is 0.800. The van der Waals surface area contributed by atoms with Crippen molar-refractivity contribution < 1.29 is 4.74 Å². The van der Waals surface area contributed by atoms with Crippen LogP contribution in [0.5, 0.6) is 0 Å². The number of hydrogen-bond acceptors (Lipinski definition) is 2. The monoisotopic (exact) mass is 221 g/mol. The van der Waals surface area contributed by atoms with Crippen LogP contribution in [0.4, 0.5) is 0 Å².